The Morgan fingerprint density at radius 3 is 1.76 bits per heavy atom. The van der Waals surface area contributed by atoms with Gasteiger partial charge in [0.05, 0.1) is 0 Å². The van der Waals surface area contributed by atoms with E-state index in [2.05, 4.69) is 25.8 Å². The van der Waals surface area contributed by atoms with Crippen molar-refractivity contribution in [3.05, 3.63) is 30.1 Å². The summed E-state index contributed by atoms with van der Waals surface area (Å²) in [7, 11) is -2.56. The molecule has 0 aliphatic heterocycles. The van der Waals surface area contributed by atoms with Crippen molar-refractivity contribution in [1.82, 2.24) is 4.98 Å². The molecule has 0 radical (unpaired) electrons. The first-order valence-corrected chi connectivity index (χ1v) is 10.00. The summed E-state index contributed by atoms with van der Waals surface area (Å²) in [5.41, 5.74) is 1.25. The molecule has 5 heteroatoms. The third kappa shape index (κ3) is 7.18. The van der Waals surface area contributed by atoms with E-state index in [9.17, 15) is 0 Å². The van der Waals surface area contributed by atoms with Gasteiger partial charge in [0, 0.05) is 38.3 Å². The van der Waals surface area contributed by atoms with Crippen LogP contribution in [0.15, 0.2) is 24.5 Å². The molecule has 0 unspecified atom stereocenters. The Morgan fingerprint density at radius 2 is 1.33 bits per heavy atom. The van der Waals surface area contributed by atoms with Gasteiger partial charge in [0.2, 0.25) is 0 Å². The molecule has 0 atom stereocenters. The number of pyridine rings is 1. The van der Waals surface area contributed by atoms with Gasteiger partial charge in [0.25, 0.3) is 0 Å². The van der Waals surface area contributed by atoms with E-state index in [0.717, 1.165) is 31.7 Å². The highest BCUT2D eigenvalue weighted by Gasteiger charge is 2.40. The van der Waals surface area contributed by atoms with E-state index in [-0.39, 0.29) is 0 Å². The fraction of sp³-hybridized carbons (Fsp3) is 0.688. The van der Waals surface area contributed by atoms with E-state index >= 15 is 0 Å². The van der Waals surface area contributed by atoms with E-state index in [1.54, 1.807) is 0 Å². The first kappa shape index (κ1) is 18.3. The van der Waals surface area contributed by atoms with Crippen molar-refractivity contribution in [3.8, 4) is 0 Å². The second kappa shape index (κ2) is 10.9. The number of nitrogens with zero attached hydrogens (tertiary/aromatic N) is 1. The number of rotatable bonds is 12. The summed E-state index contributed by atoms with van der Waals surface area (Å²) < 4.78 is 18.3. The van der Waals surface area contributed by atoms with Crippen LogP contribution in [0.5, 0.6) is 0 Å². The predicted octanol–water partition coefficient (Wildman–Crippen LogP) is 3.84. The molecule has 21 heavy (non-hydrogen) atoms. The van der Waals surface area contributed by atoms with E-state index in [1.165, 1.54) is 5.56 Å². The van der Waals surface area contributed by atoms with Crippen molar-refractivity contribution in [2.45, 2.75) is 52.5 Å². The number of aryl methyl sites for hydroxylation is 1. The molecule has 0 saturated heterocycles. The minimum atomic E-state index is -2.56. The predicted molar refractivity (Wildman–Crippen MR) is 87.2 cm³/mol. The maximum Gasteiger partial charge on any atom is 0.501 e. The van der Waals surface area contributed by atoms with E-state index in [4.69, 9.17) is 13.3 Å². The molecular weight excluding hydrogens is 282 g/mol. The van der Waals surface area contributed by atoms with E-state index in [1.807, 2.05) is 24.5 Å². The lowest BCUT2D eigenvalue weighted by Gasteiger charge is -2.29. The monoisotopic (exact) mass is 311 g/mol. The summed E-state index contributed by atoms with van der Waals surface area (Å²) in [5, 5.41) is 0. The minimum Gasteiger partial charge on any atom is -0.373 e. The molecule has 1 aromatic rings. The highest BCUT2D eigenvalue weighted by Crippen LogP contribution is 2.20. The molecule has 0 aliphatic rings. The highest BCUT2D eigenvalue weighted by atomic mass is 28.4. The average Bonchev–Trinajstić information content (AvgIpc) is 2.54. The Bertz CT molecular complexity index is 340. The Balaban J connectivity index is 2.69. The van der Waals surface area contributed by atoms with Crippen LogP contribution in [0.2, 0.25) is 6.04 Å². The van der Waals surface area contributed by atoms with Gasteiger partial charge in [-0.3, -0.25) is 4.98 Å². The average molecular weight is 311 g/mol. The van der Waals surface area contributed by atoms with Gasteiger partial charge in [-0.2, -0.15) is 0 Å². The van der Waals surface area contributed by atoms with E-state index in [0.29, 0.717) is 19.8 Å². The van der Waals surface area contributed by atoms with Gasteiger partial charge in [-0.15, -0.1) is 0 Å². The summed E-state index contributed by atoms with van der Waals surface area (Å²) >= 11 is 0. The zero-order valence-corrected chi connectivity index (χ0v) is 14.6. The molecule has 0 aromatic carbocycles. The molecule has 0 aliphatic carbocycles. The van der Waals surface area contributed by atoms with Crippen LogP contribution in [-0.4, -0.2) is 33.6 Å². The molecule has 1 aromatic heterocycles. The van der Waals surface area contributed by atoms with Crippen LogP contribution in [0, 0.1) is 0 Å². The first-order chi connectivity index (χ1) is 10.3. The second-order valence-corrected chi connectivity index (χ2v) is 7.82. The Kier molecular flexibility index (Phi) is 9.50. The molecule has 0 saturated carbocycles. The van der Waals surface area contributed by atoms with Crippen molar-refractivity contribution < 1.29 is 13.3 Å². The summed E-state index contributed by atoms with van der Waals surface area (Å²) in [5.74, 6) is 0. The van der Waals surface area contributed by atoms with Crippen LogP contribution in [0.4, 0.5) is 0 Å². The first-order valence-electron chi connectivity index (χ1n) is 8.07. The SMILES string of the molecule is CCCO[Si](CCc1ccncc1)(OCCC)OCCC. The molecule has 0 fully saturated rings. The topological polar surface area (TPSA) is 40.6 Å². The number of aromatic nitrogens is 1. The van der Waals surface area contributed by atoms with Crippen molar-refractivity contribution >= 4 is 8.80 Å². The largest absolute Gasteiger partial charge is 0.501 e. The zero-order chi connectivity index (χ0) is 15.4. The summed E-state index contributed by atoms with van der Waals surface area (Å²) in [6.07, 6.45) is 7.50. The Labute approximate surface area is 130 Å². The molecule has 1 heterocycles. The third-order valence-corrected chi connectivity index (χ3v) is 5.84. The van der Waals surface area contributed by atoms with Crippen LogP contribution >= 0.6 is 0 Å². The highest BCUT2D eigenvalue weighted by molar-refractivity contribution is 6.60. The van der Waals surface area contributed by atoms with Crippen molar-refractivity contribution in [3.63, 3.8) is 0 Å². The van der Waals surface area contributed by atoms with Gasteiger partial charge in [-0.05, 0) is 43.4 Å². The molecular formula is C16H29NO3Si. The van der Waals surface area contributed by atoms with Gasteiger partial charge >= 0.3 is 8.80 Å². The Hall–Kier alpha value is -0.753. The molecule has 0 spiro atoms. The zero-order valence-electron chi connectivity index (χ0n) is 13.6. The smallest absolute Gasteiger partial charge is 0.373 e. The molecule has 0 bridgehead atoms. The summed E-state index contributed by atoms with van der Waals surface area (Å²) in [6, 6.07) is 4.91. The number of hydrogen-bond donors (Lipinski definition) is 0. The van der Waals surface area contributed by atoms with Gasteiger partial charge < -0.3 is 13.3 Å². The lowest BCUT2D eigenvalue weighted by Crippen LogP contribution is -2.47. The van der Waals surface area contributed by atoms with Crippen molar-refractivity contribution in [2.24, 2.45) is 0 Å². The summed E-state index contributed by atoms with van der Waals surface area (Å²) in [6.45, 7) is 8.45. The van der Waals surface area contributed by atoms with Crippen LogP contribution < -0.4 is 0 Å². The number of hydrogen-bond acceptors (Lipinski definition) is 4. The molecule has 1 rings (SSSR count). The maximum atomic E-state index is 6.08. The van der Waals surface area contributed by atoms with Gasteiger partial charge in [-0.1, -0.05) is 20.8 Å². The van der Waals surface area contributed by atoms with Crippen LogP contribution in [0.3, 0.4) is 0 Å². The molecule has 120 valence electrons. The Morgan fingerprint density at radius 1 is 0.857 bits per heavy atom. The third-order valence-electron chi connectivity index (χ3n) is 3.05. The second-order valence-electron chi connectivity index (χ2n) is 5.08. The van der Waals surface area contributed by atoms with E-state index < -0.39 is 8.80 Å². The van der Waals surface area contributed by atoms with Crippen LogP contribution in [0.25, 0.3) is 0 Å². The van der Waals surface area contributed by atoms with Gasteiger partial charge in [0.15, 0.2) is 0 Å². The molecule has 4 nitrogen and oxygen atoms in total. The maximum absolute atomic E-state index is 6.08. The molecule has 0 N–H and O–H groups in total. The molecule has 0 amide bonds. The fourth-order valence-electron chi connectivity index (χ4n) is 1.96. The normalized spacial score (nSPS) is 11.8. The van der Waals surface area contributed by atoms with Gasteiger partial charge in [0.1, 0.15) is 0 Å². The standard InChI is InChI=1S/C16H29NO3Si/c1-4-12-18-21(19-13-5-2,20-14-6-3)15-9-16-7-10-17-11-8-16/h7-8,10-11H,4-6,9,12-15H2,1-3H3. The van der Waals surface area contributed by atoms with Gasteiger partial charge in [-0.25, -0.2) is 0 Å². The van der Waals surface area contributed by atoms with Crippen molar-refractivity contribution in [1.29, 1.82) is 0 Å². The lowest BCUT2D eigenvalue weighted by atomic mass is 10.2. The minimum absolute atomic E-state index is 0.704. The lowest BCUT2D eigenvalue weighted by molar-refractivity contribution is 0.0593. The van der Waals surface area contributed by atoms with Crippen LogP contribution in [0.1, 0.15) is 45.6 Å². The fourth-order valence-corrected chi connectivity index (χ4v) is 4.78. The van der Waals surface area contributed by atoms with Crippen molar-refractivity contribution in [2.75, 3.05) is 19.8 Å². The van der Waals surface area contributed by atoms with Crippen LogP contribution in [-0.2, 0) is 19.7 Å². The quantitative estimate of drug-likeness (QED) is 0.550. The summed E-state index contributed by atoms with van der Waals surface area (Å²) in [4.78, 5) is 4.06.